The zero-order valence-corrected chi connectivity index (χ0v) is 45.7. The molecule has 5 aliphatic rings. The molecule has 3 N–H and O–H groups in total. The van der Waals surface area contributed by atoms with Gasteiger partial charge in [-0.3, -0.25) is 28.8 Å². The molecule has 2 heterocycles. The van der Waals surface area contributed by atoms with Crippen molar-refractivity contribution in [1.82, 2.24) is 10.2 Å². The maximum atomic E-state index is 15.9. The van der Waals surface area contributed by atoms with Crippen LogP contribution >= 0.6 is 0 Å². The van der Waals surface area contributed by atoms with Crippen molar-refractivity contribution in [2.45, 2.75) is 146 Å². The van der Waals surface area contributed by atoms with E-state index in [1.807, 2.05) is 6.07 Å². The Morgan fingerprint density at radius 2 is 1.39 bits per heavy atom. The number of Topliss-reactive ketones (excluding diaryl/α,β-unsaturated/α-hetero) is 1. The van der Waals surface area contributed by atoms with Gasteiger partial charge in [-0.1, -0.05) is 98.8 Å². The first-order chi connectivity index (χ1) is 38.1. The van der Waals surface area contributed by atoms with E-state index in [1.54, 1.807) is 122 Å². The van der Waals surface area contributed by atoms with E-state index in [0.29, 0.717) is 24.1 Å². The molecule has 3 aliphatic carbocycles. The van der Waals surface area contributed by atoms with Gasteiger partial charge in [0.2, 0.25) is 6.10 Å². The second-order valence-corrected chi connectivity index (χ2v) is 22.4. The summed E-state index contributed by atoms with van der Waals surface area (Å²) >= 11 is 0. The van der Waals surface area contributed by atoms with Crippen LogP contribution in [0.3, 0.4) is 0 Å². The monoisotopic (exact) mass is 1100 g/mol. The summed E-state index contributed by atoms with van der Waals surface area (Å²) in [5.74, 6) is -7.96. The number of carbonyl (C=O) groups is 8. The maximum Gasteiger partial charge on any atom is 0.350 e. The van der Waals surface area contributed by atoms with Crippen molar-refractivity contribution < 1.29 is 77.0 Å². The maximum absolute atomic E-state index is 15.9. The van der Waals surface area contributed by atoms with Crippen molar-refractivity contribution in [3.63, 3.8) is 0 Å². The smallest absolute Gasteiger partial charge is 0.350 e. The zero-order chi connectivity index (χ0) is 57.3. The lowest BCUT2D eigenvalue weighted by Gasteiger charge is -2.67. The van der Waals surface area contributed by atoms with E-state index < -0.39 is 119 Å². The molecule has 80 heavy (non-hydrogen) atoms. The average molecular weight is 1100 g/mol. The van der Waals surface area contributed by atoms with Gasteiger partial charge in [0.1, 0.15) is 30.0 Å². The van der Waals surface area contributed by atoms with E-state index in [2.05, 4.69) is 5.32 Å². The number of ketones is 1. The summed E-state index contributed by atoms with van der Waals surface area (Å²) < 4.78 is 37.3. The topological polar surface area (TPSA) is 248 Å². The van der Waals surface area contributed by atoms with Gasteiger partial charge in [0.25, 0.3) is 11.8 Å². The molecule has 0 radical (unpaired) electrons. The molecule has 2 amide bonds. The number of aliphatic hydroxyl groups is 2. The van der Waals surface area contributed by atoms with Crippen molar-refractivity contribution in [3.8, 4) is 0 Å². The summed E-state index contributed by atoms with van der Waals surface area (Å²) in [6.07, 6.45) is -8.82. The van der Waals surface area contributed by atoms with Crippen molar-refractivity contribution >= 4 is 47.4 Å². The number of carbonyl (C=O) groups excluding carboxylic acids is 8. The predicted molar refractivity (Wildman–Crippen MR) is 286 cm³/mol. The molecular weight excluding hydrogens is 1030 g/mol. The van der Waals surface area contributed by atoms with Crippen LogP contribution in [0, 0.1) is 16.7 Å². The number of nitrogens with zero attached hydrogens (tertiary/aromatic N) is 1. The molecule has 18 nitrogen and oxygen atoms in total. The molecule has 0 aromatic heterocycles. The number of rotatable bonds is 16. The Morgan fingerprint density at radius 3 is 1.98 bits per heavy atom. The van der Waals surface area contributed by atoms with Gasteiger partial charge in [-0.25, -0.2) is 9.59 Å². The van der Waals surface area contributed by atoms with E-state index in [9.17, 15) is 39.0 Å². The standard InChI is InChI=1S/C62H68N2O16/c1-36-44(34-62(74)54(79-57(72)42-27-17-10-18-28-42)52-60(6,45(67)33-46-61(52,35-75-46)80-38(3)66)53(69)50(76-37(2)65)48(36)59(62,4)5)77-58(73)51(49(39-21-11-7-12-22-39)63-55(70)40-23-13-8-14-24-40)78-47(68)31-19-29-43-30-20-32-64(43)56(71)41-25-15-9-16-26-41/h7-18,21-28,43-46,49-52,54,67,74H,19-20,29-35H2,1-6H3,(H,63,70)/t43-,44-,45-,46+,49-,50+,51+,52-,54-,60+,61-,62+/m0/s1. The van der Waals surface area contributed by atoms with Crippen LogP contribution in [0.1, 0.15) is 129 Å². The average Bonchev–Trinajstić information content (AvgIpc) is 2.79. The van der Waals surface area contributed by atoms with Crippen LogP contribution in [0.4, 0.5) is 0 Å². The van der Waals surface area contributed by atoms with Crippen LogP contribution in [0.5, 0.6) is 0 Å². The molecule has 422 valence electrons. The van der Waals surface area contributed by atoms with Gasteiger partial charge in [-0.05, 0) is 92.6 Å². The predicted octanol–water partition coefficient (Wildman–Crippen LogP) is 6.76. The molecule has 0 unspecified atom stereocenters. The van der Waals surface area contributed by atoms with E-state index in [0.717, 1.165) is 26.7 Å². The summed E-state index contributed by atoms with van der Waals surface area (Å²) in [4.78, 5) is 116. The Labute approximate surface area is 464 Å². The van der Waals surface area contributed by atoms with E-state index in [1.165, 1.54) is 26.0 Å². The highest BCUT2D eigenvalue weighted by atomic mass is 16.6. The quantitative estimate of drug-likeness (QED) is 0.0596. The molecule has 18 heteroatoms. The first kappa shape index (κ1) is 57.2. The lowest BCUT2D eigenvalue weighted by atomic mass is 9.44. The Balaban J connectivity index is 1.13. The highest BCUT2D eigenvalue weighted by Crippen LogP contribution is 2.64. The first-order valence-electron chi connectivity index (χ1n) is 27.2. The van der Waals surface area contributed by atoms with Gasteiger partial charge in [0.15, 0.2) is 17.5 Å². The number of hydrogen-bond donors (Lipinski definition) is 3. The van der Waals surface area contributed by atoms with Crippen LogP contribution in [-0.2, 0) is 52.4 Å². The summed E-state index contributed by atoms with van der Waals surface area (Å²) in [5.41, 5.74) is -6.91. The molecule has 12 atom stereocenters. The van der Waals surface area contributed by atoms with Crippen molar-refractivity contribution in [2.75, 3.05) is 13.2 Å². The Kier molecular flexibility index (Phi) is 16.4. The Morgan fingerprint density at radius 1 is 0.787 bits per heavy atom. The van der Waals surface area contributed by atoms with Crippen molar-refractivity contribution in [1.29, 1.82) is 0 Å². The van der Waals surface area contributed by atoms with E-state index in [-0.39, 0.29) is 60.1 Å². The summed E-state index contributed by atoms with van der Waals surface area (Å²) in [6, 6.07) is 31.7. The minimum atomic E-state index is -2.48. The molecule has 2 saturated carbocycles. The van der Waals surface area contributed by atoms with Crippen LogP contribution in [0.25, 0.3) is 0 Å². The molecule has 2 bridgehead atoms. The Bertz CT molecular complexity index is 3040. The molecule has 0 spiro atoms. The van der Waals surface area contributed by atoms with Gasteiger partial charge in [0, 0.05) is 62.2 Å². The molecular formula is C62H68N2O16. The highest BCUT2D eigenvalue weighted by molar-refractivity contribution is 5.97. The molecule has 4 aromatic rings. The van der Waals surface area contributed by atoms with E-state index >= 15 is 9.59 Å². The number of ether oxygens (including phenoxy) is 6. The fourth-order valence-electron chi connectivity index (χ4n) is 13.1. The van der Waals surface area contributed by atoms with Crippen molar-refractivity contribution in [2.24, 2.45) is 16.7 Å². The number of benzene rings is 4. The van der Waals surface area contributed by atoms with Gasteiger partial charge in [-0.15, -0.1) is 0 Å². The molecule has 4 aromatic carbocycles. The zero-order valence-electron chi connectivity index (χ0n) is 45.7. The number of nitrogens with one attached hydrogen (secondary N) is 1. The molecule has 2 aliphatic heterocycles. The molecule has 4 fully saturated rings. The third-order valence-corrected chi connectivity index (χ3v) is 17.3. The van der Waals surface area contributed by atoms with Gasteiger partial charge in [-0.2, -0.15) is 0 Å². The largest absolute Gasteiger partial charge is 0.455 e. The van der Waals surface area contributed by atoms with Crippen molar-refractivity contribution in [3.05, 3.63) is 155 Å². The van der Waals surface area contributed by atoms with Crippen LogP contribution in [-0.4, -0.2) is 130 Å². The van der Waals surface area contributed by atoms with Crippen LogP contribution in [0.15, 0.2) is 132 Å². The first-order valence-corrected chi connectivity index (χ1v) is 27.2. The SMILES string of the molecule is CC(=O)O[C@H]1C(=O)[C@@]2(C)[C@H]([C@H](OC(=O)c3ccccc3)[C@]3(O)C[C@H](OC(=O)[C@H](OC(=O)CCC[C@H]4CCCN4C(=O)c4ccccc4)[C@@H](NC(=O)c4ccccc4)c4ccccc4)C(C)=C1C3(C)C)[C@]1(OC(C)=O)CO[C@@H]1C[C@@H]2O. The summed E-state index contributed by atoms with van der Waals surface area (Å²) in [6.45, 7) is 8.48. The number of amides is 2. The van der Waals surface area contributed by atoms with Crippen LogP contribution in [0.2, 0.25) is 0 Å². The number of fused-ring (bicyclic) bond motifs is 5. The number of esters is 5. The number of likely N-dealkylation sites (tertiary alicyclic amines) is 1. The lowest BCUT2D eigenvalue weighted by molar-refractivity contribution is -0.346. The minimum Gasteiger partial charge on any atom is -0.455 e. The van der Waals surface area contributed by atoms with Gasteiger partial charge in [0.05, 0.1) is 29.6 Å². The fourth-order valence-corrected chi connectivity index (χ4v) is 13.1. The molecule has 2 saturated heterocycles. The lowest BCUT2D eigenvalue weighted by Crippen LogP contribution is -2.82. The second kappa shape index (κ2) is 22.9. The van der Waals surface area contributed by atoms with Gasteiger partial charge < -0.3 is 48.9 Å². The minimum absolute atomic E-state index is 0.0392. The summed E-state index contributed by atoms with van der Waals surface area (Å²) in [7, 11) is 0. The second-order valence-electron chi connectivity index (χ2n) is 22.4. The van der Waals surface area contributed by atoms with E-state index in [4.69, 9.17) is 28.4 Å². The molecule has 9 rings (SSSR count). The third-order valence-electron chi connectivity index (χ3n) is 17.3. The van der Waals surface area contributed by atoms with Gasteiger partial charge >= 0.3 is 29.8 Å². The normalized spacial score (nSPS) is 29.1. The Hall–Kier alpha value is -7.54. The fraction of sp³-hybridized carbons (Fsp3) is 0.452. The highest BCUT2D eigenvalue weighted by Gasteiger charge is 2.78. The third kappa shape index (κ3) is 10.6. The van der Waals surface area contributed by atoms with Crippen LogP contribution < -0.4 is 5.32 Å². The number of aliphatic hydroxyl groups excluding tert-OH is 1. The summed E-state index contributed by atoms with van der Waals surface area (Å²) in [5, 5.41) is 29.3. The number of hydrogen-bond acceptors (Lipinski definition) is 16.